The minimum absolute atomic E-state index is 0.0231. The zero-order chi connectivity index (χ0) is 15.8. The maximum Gasteiger partial charge on any atom is 0.325 e. The Bertz CT molecular complexity index is 542. The molecule has 0 aromatic heterocycles. The van der Waals surface area contributed by atoms with E-state index in [1.807, 2.05) is 13.0 Å². The van der Waals surface area contributed by atoms with Crippen LogP contribution in [0.3, 0.4) is 0 Å². The minimum atomic E-state index is -0.975. The van der Waals surface area contributed by atoms with E-state index >= 15 is 0 Å². The fraction of sp³-hybridized carbons (Fsp3) is 0.357. The fourth-order valence-electron chi connectivity index (χ4n) is 1.66. The van der Waals surface area contributed by atoms with Gasteiger partial charge in [-0.15, -0.1) is 0 Å². The lowest BCUT2D eigenvalue weighted by molar-refractivity contribution is -0.137. The van der Waals surface area contributed by atoms with Gasteiger partial charge in [0.15, 0.2) is 0 Å². The van der Waals surface area contributed by atoms with E-state index in [2.05, 4.69) is 10.6 Å². The lowest BCUT2D eigenvalue weighted by atomic mass is 10.2. The number of ether oxygens (including phenoxy) is 1. The van der Waals surface area contributed by atoms with Gasteiger partial charge in [0.05, 0.1) is 12.8 Å². The number of carboxylic acid groups (broad SMARTS) is 1. The highest BCUT2D eigenvalue weighted by Crippen LogP contribution is 2.24. The number of urea groups is 1. The lowest BCUT2D eigenvalue weighted by Crippen LogP contribution is -2.34. The molecule has 7 heteroatoms. The van der Waals surface area contributed by atoms with Crippen molar-refractivity contribution in [3.63, 3.8) is 0 Å². The third-order valence-electron chi connectivity index (χ3n) is 2.65. The predicted octanol–water partition coefficient (Wildman–Crippen LogP) is 1.91. The van der Waals surface area contributed by atoms with Crippen LogP contribution >= 0.6 is 0 Å². The average molecular weight is 294 g/mol. The van der Waals surface area contributed by atoms with Gasteiger partial charge >= 0.3 is 12.0 Å². The Balaban J connectivity index is 2.52. The molecule has 1 aromatic rings. The molecule has 0 saturated heterocycles. The number of rotatable bonds is 6. The molecule has 0 heterocycles. The summed E-state index contributed by atoms with van der Waals surface area (Å²) in [6.07, 6.45) is 0.0492. The van der Waals surface area contributed by atoms with Crippen LogP contribution < -0.4 is 15.4 Å². The number of carbonyl (C=O) groups excluding carboxylic acids is 2. The van der Waals surface area contributed by atoms with Gasteiger partial charge in [0, 0.05) is 12.8 Å². The van der Waals surface area contributed by atoms with Gasteiger partial charge in [0.25, 0.3) is 0 Å². The average Bonchev–Trinajstić information content (AvgIpc) is 2.38. The largest absolute Gasteiger partial charge is 0.495 e. The second-order valence-corrected chi connectivity index (χ2v) is 4.45. The molecule has 114 valence electrons. The number of methoxy groups -OCH3 is 1. The SMILES string of the molecule is COc1ccc(C)cc1NC(=O)NC(=O)CCCC(=O)O. The summed E-state index contributed by atoms with van der Waals surface area (Å²) in [6, 6.07) is 4.57. The second kappa shape index (κ2) is 7.88. The number of aliphatic carboxylic acids is 1. The number of aryl methyl sites for hydroxylation is 1. The van der Waals surface area contributed by atoms with E-state index in [-0.39, 0.29) is 19.3 Å². The van der Waals surface area contributed by atoms with E-state index in [4.69, 9.17) is 9.84 Å². The first-order valence-corrected chi connectivity index (χ1v) is 6.39. The number of hydrogen-bond donors (Lipinski definition) is 3. The van der Waals surface area contributed by atoms with Crippen LogP contribution in [0.2, 0.25) is 0 Å². The van der Waals surface area contributed by atoms with Gasteiger partial charge in [-0.2, -0.15) is 0 Å². The number of nitrogens with one attached hydrogen (secondary N) is 2. The first-order chi connectivity index (χ1) is 9.92. The quantitative estimate of drug-likeness (QED) is 0.743. The summed E-state index contributed by atoms with van der Waals surface area (Å²) in [5.74, 6) is -1.02. The standard InChI is InChI=1S/C14H18N2O5/c1-9-6-7-11(21-2)10(8-9)15-14(20)16-12(17)4-3-5-13(18)19/h6-8H,3-5H2,1-2H3,(H,18,19)(H2,15,16,17,20). The third-order valence-corrected chi connectivity index (χ3v) is 2.65. The molecule has 0 atom stereocenters. The predicted molar refractivity (Wildman–Crippen MR) is 76.4 cm³/mol. The van der Waals surface area contributed by atoms with Crippen molar-refractivity contribution >= 4 is 23.6 Å². The molecule has 0 saturated carbocycles. The van der Waals surface area contributed by atoms with Crippen molar-refractivity contribution < 1.29 is 24.2 Å². The maximum absolute atomic E-state index is 11.7. The van der Waals surface area contributed by atoms with Crippen LogP contribution in [0.1, 0.15) is 24.8 Å². The number of anilines is 1. The van der Waals surface area contributed by atoms with Crippen molar-refractivity contribution in [3.8, 4) is 5.75 Å². The Morgan fingerprint density at radius 1 is 1.24 bits per heavy atom. The fourth-order valence-corrected chi connectivity index (χ4v) is 1.66. The molecule has 3 N–H and O–H groups in total. The molecule has 0 aliphatic carbocycles. The summed E-state index contributed by atoms with van der Waals surface area (Å²) in [7, 11) is 1.48. The van der Waals surface area contributed by atoms with Crippen molar-refractivity contribution in [2.75, 3.05) is 12.4 Å². The van der Waals surface area contributed by atoms with Crippen molar-refractivity contribution in [2.24, 2.45) is 0 Å². The highest BCUT2D eigenvalue weighted by molar-refractivity contribution is 6.01. The van der Waals surface area contributed by atoms with Crippen molar-refractivity contribution in [2.45, 2.75) is 26.2 Å². The molecule has 1 aromatic carbocycles. The number of benzene rings is 1. The zero-order valence-corrected chi connectivity index (χ0v) is 11.9. The van der Waals surface area contributed by atoms with E-state index < -0.39 is 17.9 Å². The van der Waals surface area contributed by atoms with E-state index in [9.17, 15) is 14.4 Å². The van der Waals surface area contributed by atoms with Crippen molar-refractivity contribution in [3.05, 3.63) is 23.8 Å². The van der Waals surface area contributed by atoms with Gasteiger partial charge < -0.3 is 15.2 Å². The normalized spacial score (nSPS) is 9.81. The Morgan fingerprint density at radius 2 is 1.95 bits per heavy atom. The number of hydrogen-bond acceptors (Lipinski definition) is 4. The van der Waals surface area contributed by atoms with Crippen molar-refractivity contribution in [1.29, 1.82) is 0 Å². The summed E-state index contributed by atoms with van der Waals surface area (Å²) >= 11 is 0. The van der Waals surface area contributed by atoms with Crippen LogP contribution in [-0.4, -0.2) is 30.1 Å². The molecule has 0 bridgehead atoms. The molecule has 3 amide bonds. The number of carbonyl (C=O) groups is 3. The van der Waals surface area contributed by atoms with Crippen LogP contribution in [0, 0.1) is 6.92 Å². The Hall–Kier alpha value is -2.57. The highest BCUT2D eigenvalue weighted by Gasteiger charge is 2.11. The Labute approximate surface area is 122 Å². The van der Waals surface area contributed by atoms with E-state index in [0.29, 0.717) is 11.4 Å². The lowest BCUT2D eigenvalue weighted by Gasteiger charge is -2.11. The number of carboxylic acids is 1. The Kier molecular flexibility index (Phi) is 6.19. The van der Waals surface area contributed by atoms with Crippen molar-refractivity contribution in [1.82, 2.24) is 5.32 Å². The molecular weight excluding hydrogens is 276 g/mol. The summed E-state index contributed by atoms with van der Waals surface area (Å²) in [6.45, 7) is 1.86. The molecule has 0 spiro atoms. The summed E-state index contributed by atoms with van der Waals surface area (Å²) < 4.78 is 5.10. The summed E-state index contributed by atoms with van der Waals surface area (Å²) in [5.41, 5.74) is 1.38. The van der Waals surface area contributed by atoms with Crippen LogP contribution in [0.15, 0.2) is 18.2 Å². The van der Waals surface area contributed by atoms with Crippen LogP contribution in [0.4, 0.5) is 10.5 Å². The van der Waals surface area contributed by atoms with Crippen LogP contribution in [0.5, 0.6) is 5.75 Å². The molecule has 0 aliphatic heterocycles. The van der Waals surface area contributed by atoms with Gasteiger partial charge in [-0.05, 0) is 31.0 Å². The first-order valence-electron chi connectivity index (χ1n) is 6.39. The molecular formula is C14H18N2O5. The molecule has 0 aliphatic rings. The Morgan fingerprint density at radius 3 is 2.57 bits per heavy atom. The maximum atomic E-state index is 11.7. The summed E-state index contributed by atoms with van der Waals surface area (Å²) in [4.78, 5) is 33.5. The molecule has 7 nitrogen and oxygen atoms in total. The molecule has 1 rings (SSSR count). The van der Waals surface area contributed by atoms with Crippen LogP contribution in [0.25, 0.3) is 0 Å². The van der Waals surface area contributed by atoms with Gasteiger partial charge in [0.2, 0.25) is 5.91 Å². The van der Waals surface area contributed by atoms with E-state index in [1.54, 1.807) is 12.1 Å². The van der Waals surface area contributed by atoms with Gasteiger partial charge in [-0.3, -0.25) is 14.9 Å². The van der Waals surface area contributed by atoms with Gasteiger partial charge in [-0.25, -0.2) is 4.79 Å². The monoisotopic (exact) mass is 294 g/mol. The van der Waals surface area contributed by atoms with E-state index in [0.717, 1.165) is 5.56 Å². The topological polar surface area (TPSA) is 105 Å². The van der Waals surface area contributed by atoms with E-state index in [1.165, 1.54) is 7.11 Å². The smallest absolute Gasteiger partial charge is 0.325 e. The number of amides is 3. The third kappa shape index (κ3) is 5.94. The molecule has 0 unspecified atom stereocenters. The van der Waals surface area contributed by atoms with Crippen LogP contribution in [-0.2, 0) is 9.59 Å². The minimum Gasteiger partial charge on any atom is -0.495 e. The van der Waals surface area contributed by atoms with Gasteiger partial charge in [0.1, 0.15) is 5.75 Å². The van der Waals surface area contributed by atoms with Gasteiger partial charge in [-0.1, -0.05) is 6.07 Å². The second-order valence-electron chi connectivity index (χ2n) is 4.45. The molecule has 0 radical (unpaired) electrons. The molecule has 21 heavy (non-hydrogen) atoms. The zero-order valence-electron chi connectivity index (χ0n) is 11.9. The highest BCUT2D eigenvalue weighted by atomic mass is 16.5. The molecule has 0 fully saturated rings. The first kappa shape index (κ1) is 16.5. The summed E-state index contributed by atoms with van der Waals surface area (Å²) in [5, 5.41) is 13.1. The number of imide groups is 1.